The molecule has 1 saturated heterocycles. The van der Waals surface area contributed by atoms with E-state index in [1.54, 1.807) is 0 Å². The second-order valence-electron chi connectivity index (χ2n) is 6.90. The number of nitrogens with one attached hydrogen (secondary N) is 2. The van der Waals surface area contributed by atoms with Gasteiger partial charge in [-0.3, -0.25) is 0 Å². The number of anilines is 5. The van der Waals surface area contributed by atoms with Crippen molar-refractivity contribution in [1.82, 2.24) is 9.97 Å². The van der Waals surface area contributed by atoms with Gasteiger partial charge in [0.15, 0.2) is 0 Å². The van der Waals surface area contributed by atoms with E-state index in [9.17, 15) is 0 Å². The zero-order valence-electron chi connectivity index (χ0n) is 15.7. The number of piperidine rings is 1. The van der Waals surface area contributed by atoms with Crippen LogP contribution in [-0.4, -0.2) is 23.1 Å². The molecule has 0 unspecified atom stereocenters. The van der Waals surface area contributed by atoms with E-state index < -0.39 is 0 Å². The first-order valence-corrected chi connectivity index (χ1v) is 9.56. The van der Waals surface area contributed by atoms with E-state index in [-0.39, 0.29) is 0 Å². The molecule has 0 atom stereocenters. The Balaban J connectivity index is 1.47. The molecule has 4 rings (SSSR count). The average Bonchev–Trinajstić information content (AvgIpc) is 2.70. The van der Waals surface area contributed by atoms with Crippen molar-refractivity contribution in [2.24, 2.45) is 0 Å². The molecule has 0 bridgehead atoms. The molecule has 1 aliphatic rings. The lowest BCUT2D eigenvalue weighted by Crippen LogP contribution is -2.29. The summed E-state index contributed by atoms with van der Waals surface area (Å²) in [5, 5.41) is 6.72. The van der Waals surface area contributed by atoms with Gasteiger partial charge in [-0.05, 0) is 62.6 Å². The lowest BCUT2D eigenvalue weighted by molar-refractivity contribution is 0.578. The summed E-state index contributed by atoms with van der Waals surface area (Å²) in [6.07, 6.45) is 3.93. The van der Waals surface area contributed by atoms with Crippen LogP contribution in [0, 0.1) is 6.92 Å². The molecule has 138 valence electrons. The number of para-hydroxylation sites is 1. The van der Waals surface area contributed by atoms with Gasteiger partial charge in [0.1, 0.15) is 17.5 Å². The van der Waals surface area contributed by atoms with Crippen LogP contribution in [-0.2, 0) is 0 Å². The highest BCUT2D eigenvalue weighted by Gasteiger charge is 2.10. The predicted octanol–water partition coefficient (Wildman–Crippen LogP) is 5.26. The Morgan fingerprint density at radius 1 is 0.741 bits per heavy atom. The maximum absolute atomic E-state index is 4.51. The SMILES string of the molecule is Cc1nc(Nc2ccccc2)cc(Nc2ccc(N3CCCCC3)cc2)n1. The van der Waals surface area contributed by atoms with Gasteiger partial charge in [-0.15, -0.1) is 0 Å². The van der Waals surface area contributed by atoms with E-state index >= 15 is 0 Å². The first kappa shape index (κ1) is 17.3. The molecular weight excluding hydrogens is 334 g/mol. The summed E-state index contributed by atoms with van der Waals surface area (Å²) in [7, 11) is 0. The van der Waals surface area contributed by atoms with Gasteiger partial charge < -0.3 is 15.5 Å². The molecule has 1 aromatic heterocycles. The molecule has 0 spiro atoms. The molecule has 1 aliphatic heterocycles. The maximum Gasteiger partial charge on any atom is 0.136 e. The number of aryl methyl sites for hydroxylation is 1. The van der Waals surface area contributed by atoms with Gasteiger partial charge in [0.25, 0.3) is 0 Å². The van der Waals surface area contributed by atoms with Crippen molar-refractivity contribution in [2.75, 3.05) is 28.6 Å². The van der Waals surface area contributed by atoms with Crippen molar-refractivity contribution >= 4 is 28.7 Å². The van der Waals surface area contributed by atoms with Crippen LogP contribution in [0.3, 0.4) is 0 Å². The third-order valence-electron chi connectivity index (χ3n) is 4.75. The van der Waals surface area contributed by atoms with Crippen molar-refractivity contribution in [3.05, 3.63) is 66.5 Å². The van der Waals surface area contributed by atoms with Gasteiger partial charge >= 0.3 is 0 Å². The summed E-state index contributed by atoms with van der Waals surface area (Å²) in [4.78, 5) is 11.4. The molecule has 5 nitrogen and oxygen atoms in total. The number of nitrogens with zero attached hydrogens (tertiary/aromatic N) is 3. The third kappa shape index (κ3) is 4.56. The van der Waals surface area contributed by atoms with E-state index in [0.29, 0.717) is 0 Å². The van der Waals surface area contributed by atoms with Crippen molar-refractivity contribution in [3.63, 3.8) is 0 Å². The van der Waals surface area contributed by atoms with Gasteiger partial charge in [-0.2, -0.15) is 0 Å². The molecule has 0 aliphatic carbocycles. The Morgan fingerprint density at radius 3 is 1.96 bits per heavy atom. The molecule has 0 radical (unpaired) electrons. The summed E-state index contributed by atoms with van der Waals surface area (Å²) >= 11 is 0. The maximum atomic E-state index is 4.51. The molecule has 27 heavy (non-hydrogen) atoms. The number of benzene rings is 2. The minimum atomic E-state index is 0.725. The van der Waals surface area contributed by atoms with Gasteiger partial charge in [-0.1, -0.05) is 18.2 Å². The minimum Gasteiger partial charge on any atom is -0.372 e. The summed E-state index contributed by atoms with van der Waals surface area (Å²) in [6, 6.07) is 20.6. The fourth-order valence-corrected chi connectivity index (χ4v) is 3.42. The Labute approximate surface area is 160 Å². The highest BCUT2D eigenvalue weighted by molar-refractivity contribution is 5.65. The van der Waals surface area contributed by atoms with Crippen LogP contribution in [0.1, 0.15) is 25.1 Å². The van der Waals surface area contributed by atoms with E-state index in [1.165, 1.54) is 24.9 Å². The van der Waals surface area contributed by atoms with Crippen molar-refractivity contribution in [3.8, 4) is 0 Å². The second kappa shape index (κ2) is 8.08. The molecule has 3 aromatic rings. The third-order valence-corrected chi connectivity index (χ3v) is 4.75. The zero-order valence-corrected chi connectivity index (χ0v) is 15.7. The largest absolute Gasteiger partial charge is 0.372 e. The van der Waals surface area contributed by atoms with Crippen LogP contribution >= 0.6 is 0 Å². The van der Waals surface area contributed by atoms with E-state index in [2.05, 4.69) is 49.8 Å². The smallest absolute Gasteiger partial charge is 0.136 e. The van der Waals surface area contributed by atoms with Crippen molar-refractivity contribution in [1.29, 1.82) is 0 Å². The summed E-state index contributed by atoms with van der Waals surface area (Å²) in [5.74, 6) is 2.29. The Hall–Kier alpha value is -3.08. The monoisotopic (exact) mass is 359 g/mol. The highest BCUT2D eigenvalue weighted by Crippen LogP contribution is 2.24. The molecule has 2 N–H and O–H groups in total. The number of rotatable bonds is 5. The fourth-order valence-electron chi connectivity index (χ4n) is 3.42. The standard InChI is InChI=1S/C22H25N5/c1-17-23-21(25-18-8-4-2-5-9-18)16-22(24-17)26-19-10-12-20(13-11-19)27-14-6-3-7-15-27/h2,4-5,8-13,16H,3,6-7,14-15H2,1H3,(H2,23,24,25,26). The number of aromatic nitrogens is 2. The number of hydrogen-bond donors (Lipinski definition) is 2. The number of hydrogen-bond acceptors (Lipinski definition) is 5. The molecule has 1 fully saturated rings. The van der Waals surface area contributed by atoms with Crippen LogP contribution in [0.25, 0.3) is 0 Å². The minimum absolute atomic E-state index is 0.725. The van der Waals surface area contributed by atoms with Crippen LogP contribution in [0.2, 0.25) is 0 Å². The Kier molecular flexibility index (Phi) is 5.19. The van der Waals surface area contributed by atoms with Crippen LogP contribution < -0.4 is 15.5 Å². The molecular formula is C22H25N5. The predicted molar refractivity (Wildman–Crippen MR) is 112 cm³/mol. The molecule has 0 amide bonds. The molecule has 2 aromatic carbocycles. The quantitative estimate of drug-likeness (QED) is 0.650. The summed E-state index contributed by atoms with van der Waals surface area (Å²) in [5.41, 5.74) is 3.33. The van der Waals surface area contributed by atoms with E-state index in [1.807, 2.05) is 43.3 Å². The lowest BCUT2D eigenvalue weighted by Gasteiger charge is -2.28. The van der Waals surface area contributed by atoms with Crippen LogP contribution in [0.5, 0.6) is 0 Å². The molecule has 5 heteroatoms. The van der Waals surface area contributed by atoms with Crippen LogP contribution in [0.15, 0.2) is 60.7 Å². The fraction of sp³-hybridized carbons (Fsp3) is 0.273. The normalized spacial score (nSPS) is 14.0. The summed E-state index contributed by atoms with van der Waals surface area (Å²) in [6.45, 7) is 4.22. The lowest BCUT2D eigenvalue weighted by atomic mass is 10.1. The van der Waals surface area contributed by atoms with Gasteiger partial charge in [0.2, 0.25) is 0 Å². The van der Waals surface area contributed by atoms with E-state index in [4.69, 9.17) is 0 Å². The average molecular weight is 359 g/mol. The Bertz CT molecular complexity index is 871. The first-order valence-electron chi connectivity index (χ1n) is 9.56. The van der Waals surface area contributed by atoms with Crippen molar-refractivity contribution < 1.29 is 0 Å². The molecule has 2 heterocycles. The van der Waals surface area contributed by atoms with Crippen LogP contribution in [0.4, 0.5) is 28.7 Å². The van der Waals surface area contributed by atoms with Gasteiger partial charge in [0, 0.05) is 36.2 Å². The van der Waals surface area contributed by atoms with Gasteiger partial charge in [-0.25, -0.2) is 9.97 Å². The zero-order chi connectivity index (χ0) is 18.5. The molecule has 0 saturated carbocycles. The Morgan fingerprint density at radius 2 is 1.33 bits per heavy atom. The second-order valence-corrected chi connectivity index (χ2v) is 6.90. The topological polar surface area (TPSA) is 53.1 Å². The van der Waals surface area contributed by atoms with Gasteiger partial charge in [0.05, 0.1) is 0 Å². The van der Waals surface area contributed by atoms with E-state index in [0.717, 1.165) is 41.9 Å². The summed E-state index contributed by atoms with van der Waals surface area (Å²) < 4.78 is 0. The first-order chi connectivity index (χ1) is 13.3. The highest BCUT2D eigenvalue weighted by atomic mass is 15.1. The van der Waals surface area contributed by atoms with Crippen molar-refractivity contribution in [2.45, 2.75) is 26.2 Å².